The highest BCUT2D eigenvalue weighted by molar-refractivity contribution is 5.67. The van der Waals surface area contributed by atoms with Crippen LogP contribution in [0.3, 0.4) is 0 Å². The molecule has 110 valence electrons. The molecule has 1 N–H and O–H groups in total. The van der Waals surface area contributed by atoms with Crippen LogP contribution in [0.25, 0.3) is 0 Å². The lowest BCUT2D eigenvalue weighted by atomic mass is 9.91. The first kappa shape index (κ1) is 14.6. The molecule has 20 heavy (non-hydrogen) atoms. The van der Waals surface area contributed by atoms with E-state index >= 15 is 0 Å². The summed E-state index contributed by atoms with van der Waals surface area (Å²) in [5, 5.41) is 8.80. The maximum atomic E-state index is 14.3. The lowest BCUT2D eigenvalue weighted by Gasteiger charge is -2.21. The third-order valence-electron chi connectivity index (χ3n) is 3.22. The second kappa shape index (κ2) is 5.69. The summed E-state index contributed by atoms with van der Waals surface area (Å²) in [5.74, 6) is 0.193. The molecule has 1 aliphatic heterocycles. The maximum Gasteiger partial charge on any atom is 0.303 e. The molecule has 0 aromatic heterocycles. The average Bonchev–Trinajstić information content (AvgIpc) is 2.58. The first-order valence-electron chi connectivity index (χ1n) is 6.71. The Morgan fingerprint density at radius 2 is 1.90 bits per heavy atom. The number of hydrogen-bond donors (Lipinski definition) is 1. The topological polar surface area (TPSA) is 55.8 Å². The van der Waals surface area contributed by atoms with Gasteiger partial charge in [0, 0.05) is 12.8 Å². The van der Waals surface area contributed by atoms with Gasteiger partial charge in [-0.05, 0) is 43.5 Å². The van der Waals surface area contributed by atoms with Gasteiger partial charge < -0.3 is 14.6 Å². The van der Waals surface area contributed by atoms with Crippen LogP contribution in [0.15, 0.2) is 12.1 Å². The Morgan fingerprint density at radius 3 is 2.45 bits per heavy atom. The van der Waals surface area contributed by atoms with Crippen molar-refractivity contribution in [2.45, 2.75) is 38.8 Å². The Hall–Kier alpha value is -1.78. The highest BCUT2D eigenvalue weighted by atomic mass is 19.1. The zero-order valence-electron chi connectivity index (χ0n) is 11.7. The van der Waals surface area contributed by atoms with Crippen molar-refractivity contribution in [3.63, 3.8) is 0 Å². The minimum absolute atomic E-state index is 0.0390. The first-order valence-corrected chi connectivity index (χ1v) is 6.71. The maximum absolute atomic E-state index is 14.3. The second-order valence-corrected chi connectivity index (χ2v) is 5.37. The number of benzene rings is 1. The Bertz CT molecular complexity index is 505. The van der Waals surface area contributed by atoms with Gasteiger partial charge in [0.1, 0.15) is 5.67 Å². The van der Waals surface area contributed by atoms with Crippen LogP contribution < -0.4 is 9.47 Å². The summed E-state index contributed by atoms with van der Waals surface area (Å²) < 4.78 is 25.5. The molecular weight excluding hydrogens is 263 g/mol. The Labute approximate surface area is 117 Å². The molecule has 0 spiro atoms. The van der Waals surface area contributed by atoms with Gasteiger partial charge in [-0.3, -0.25) is 4.79 Å². The van der Waals surface area contributed by atoms with Crippen molar-refractivity contribution in [3.8, 4) is 11.5 Å². The van der Waals surface area contributed by atoms with E-state index in [1.54, 1.807) is 12.1 Å². The summed E-state index contributed by atoms with van der Waals surface area (Å²) in [6.07, 6.45) is 1.00. The van der Waals surface area contributed by atoms with Crippen molar-refractivity contribution in [3.05, 3.63) is 23.3 Å². The van der Waals surface area contributed by atoms with Gasteiger partial charge in [-0.2, -0.15) is 0 Å². The molecule has 2 rings (SSSR count). The minimum atomic E-state index is -1.56. The SMILES string of the molecule is CC(C)(F)c1cc2c(cc1CCC(=O)O)OCCCO2. The van der Waals surface area contributed by atoms with Crippen molar-refractivity contribution in [1.82, 2.24) is 0 Å². The molecule has 0 aliphatic carbocycles. The zero-order valence-corrected chi connectivity index (χ0v) is 11.7. The summed E-state index contributed by atoms with van der Waals surface area (Å²) in [6, 6.07) is 3.35. The van der Waals surface area contributed by atoms with Gasteiger partial charge in [0.2, 0.25) is 0 Å². The monoisotopic (exact) mass is 282 g/mol. The normalized spacial score (nSPS) is 14.8. The minimum Gasteiger partial charge on any atom is -0.490 e. The van der Waals surface area contributed by atoms with Crippen LogP contribution in [0.1, 0.15) is 37.8 Å². The van der Waals surface area contributed by atoms with E-state index in [0.29, 0.717) is 35.8 Å². The van der Waals surface area contributed by atoms with Crippen LogP contribution in [0.4, 0.5) is 4.39 Å². The number of ether oxygens (including phenoxy) is 2. The number of hydrogen-bond acceptors (Lipinski definition) is 3. The summed E-state index contributed by atoms with van der Waals surface area (Å²) in [4.78, 5) is 10.7. The van der Waals surface area contributed by atoms with E-state index in [2.05, 4.69) is 0 Å². The van der Waals surface area contributed by atoms with E-state index in [9.17, 15) is 9.18 Å². The molecule has 0 bridgehead atoms. The number of aryl methyl sites for hydroxylation is 1. The predicted octanol–water partition coefficient (Wildman–Crippen LogP) is 3.07. The van der Waals surface area contributed by atoms with E-state index in [1.807, 2.05) is 0 Å². The third-order valence-corrected chi connectivity index (χ3v) is 3.22. The fraction of sp³-hybridized carbons (Fsp3) is 0.533. The number of carboxylic acid groups (broad SMARTS) is 1. The van der Waals surface area contributed by atoms with Crippen LogP contribution in [-0.2, 0) is 16.9 Å². The predicted molar refractivity (Wildman–Crippen MR) is 72.1 cm³/mol. The molecule has 5 heteroatoms. The molecule has 0 radical (unpaired) electrons. The molecule has 0 saturated heterocycles. The fourth-order valence-corrected chi connectivity index (χ4v) is 2.25. The van der Waals surface area contributed by atoms with E-state index in [1.165, 1.54) is 13.8 Å². The lowest BCUT2D eigenvalue weighted by molar-refractivity contribution is -0.136. The van der Waals surface area contributed by atoms with E-state index in [4.69, 9.17) is 14.6 Å². The number of carbonyl (C=O) groups is 1. The fourth-order valence-electron chi connectivity index (χ4n) is 2.25. The van der Waals surface area contributed by atoms with Gasteiger partial charge in [-0.15, -0.1) is 0 Å². The Morgan fingerprint density at radius 1 is 1.30 bits per heavy atom. The molecular formula is C15H19FO4. The summed E-state index contributed by atoms with van der Waals surface area (Å²) in [6.45, 7) is 3.99. The smallest absolute Gasteiger partial charge is 0.303 e. The number of carboxylic acids is 1. The van der Waals surface area contributed by atoms with Gasteiger partial charge in [-0.1, -0.05) is 0 Å². The molecule has 0 saturated carbocycles. The molecule has 1 aromatic carbocycles. The van der Waals surface area contributed by atoms with Gasteiger partial charge in [0.25, 0.3) is 0 Å². The molecule has 1 aliphatic rings. The van der Waals surface area contributed by atoms with Crippen LogP contribution in [-0.4, -0.2) is 24.3 Å². The van der Waals surface area contributed by atoms with Gasteiger partial charge in [0.15, 0.2) is 11.5 Å². The third kappa shape index (κ3) is 3.40. The van der Waals surface area contributed by atoms with Crippen LogP contribution in [0, 0.1) is 0 Å². The quantitative estimate of drug-likeness (QED) is 0.922. The number of aliphatic carboxylic acids is 1. The molecule has 1 aromatic rings. The highest BCUT2D eigenvalue weighted by Crippen LogP contribution is 2.38. The molecule has 1 heterocycles. The van der Waals surface area contributed by atoms with E-state index < -0.39 is 11.6 Å². The van der Waals surface area contributed by atoms with Crippen molar-refractivity contribution < 1.29 is 23.8 Å². The molecule has 0 fully saturated rings. The largest absolute Gasteiger partial charge is 0.490 e. The van der Waals surface area contributed by atoms with Gasteiger partial charge >= 0.3 is 5.97 Å². The summed E-state index contributed by atoms with van der Waals surface area (Å²) in [7, 11) is 0. The van der Waals surface area contributed by atoms with Crippen LogP contribution in [0.2, 0.25) is 0 Å². The Balaban J connectivity index is 2.41. The Kier molecular flexibility index (Phi) is 4.16. The number of fused-ring (bicyclic) bond motifs is 1. The second-order valence-electron chi connectivity index (χ2n) is 5.37. The van der Waals surface area contributed by atoms with Crippen molar-refractivity contribution in [2.75, 3.05) is 13.2 Å². The molecule has 0 unspecified atom stereocenters. The van der Waals surface area contributed by atoms with E-state index in [0.717, 1.165) is 6.42 Å². The molecule has 0 atom stereocenters. The molecule has 0 amide bonds. The number of halogens is 1. The standard InChI is InChI=1S/C15H19FO4/c1-15(2,16)11-9-13-12(19-6-3-7-20-13)8-10(11)4-5-14(17)18/h8-9H,3-7H2,1-2H3,(H,17,18). The highest BCUT2D eigenvalue weighted by Gasteiger charge is 2.26. The molecule has 4 nitrogen and oxygen atoms in total. The van der Waals surface area contributed by atoms with Gasteiger partial charge in [-0.25, -0.2) is 4.39 Å². The van der Waals surface area contributed by atoms with Gasteiger partial charge in [0.05, 0.1) is 13.2 Å². The number of alkyl halides is 1. The number of rotatable bonds is 4. The summed E-state index contributed by atoms with van der Waals surface area (Å²) in [5.41, 5.74) is -0.439. The zero-order chi connectivity index (χ0) is 14.8. The summed E-state index contributed by atoms with van der Waals surface area (Å²) >= 11 is 0. The first-order chi connectivity index (χ1) is 9.38. The van der Waals surface area contributed by atoms with Crippen LogP contribution >= 0.6 is 0 Å². The van der Waals surface area contributed by atoms with Crippen LogP contribution in [0.5, 0.6) is 11.5 Å². The van der Waals surface area contributed by atoms with Crippen molar-refractivity contribution in [2.24, 2.45) is 0 Å². The lowest BCUT2D eigenvalue weighted by Crippen LogP contribution is -2.14. The van der Waals surface area contributed by atoms with Crippen molar-refractivity contribution in [1.29, 1.82) is 0 Å². The van der Waals surface area contributed by atoms with Crippen molar-refractivity contribution >= 4 is 5.97 Å². The van der Waals surface area contributed by atoms with E-state index in [-0.39, 0.29) is 12.8 Å². The average molecular weight is 282 g/mol.